The Bertz CT molecular complexity index is 938. The van der Waals surface area contributed by atoms with Gasteiger partial charge in [-0.15, -0.1) is 0 Å². The fourth-order valence-corrected chi connectivity index (χ4v) is 3.61. The molecule has 3 aromatic rings. The molecule has 1 atom stereocenters. The van der Waals surface area contributed by atoms with E-state index in [4.69, 9.17) is 0 Å². The first-order valence-corrected chi connectivity index (χ1v) is 8.94. The minimum atomic E-state index is -0.373. The Balaban J connectivity index is 1.57. The van der Waals surface area contributed by atoms with E-state index < -0.39 is 0 Å². The van der Waals surface area contributed by atoms with E-state index in [0.717, 1.165) is 28.1 Å². The summed E-state index contributed by atoms with van der Waals surface area (Å²) in [6, 6.07) is 15.7. The van der Waals surface area contributed by atoms with Crippen molar-refractivity contribution in [2.75, 3.05) is 6.61 Å². The monoisotopic (exact) mass is 365 g/mol. The first kappa shape index (κ1) is 17.4. The zero-order chi connectivity index (χ0) is 18.8. The van der Waals surface area contributed by atoms with Gasteiger partial charge >= 0.3 is 0 Å². The Labute approximate surface area is 156 Å². The van der Waals surface area contributed by atoms with E-state index in [9.17, 15) is 14.3 Å². The van der Waals surface area contributed by atoms with Gasteiger partial charge in [0.15, 0.2) is 0 Å². The lowest BCUT2D eigenvalue weighted by molar-refractivity contribution is -0.133. The molecule has 27 heavy (non-hydrogen) atoms. The number of halogens is 1. The second kappa shape index (κ2) is 7.32. The van der Waals surface area contributed by atoms with Gasteiger partial charge in [0.25, 0.3) is 0 Å². The summed E-state index contributed by atoms with van der Waals surface area (Å²) < 4.78 is 13.2. The van der Waals surface area contributed by atoms with Crippen LogP contribution in [0.4, 0.5) is 4.39 Å². The Kier molecular flexibility index (Phi) is 4.73. The smallest absolute Gasteiger partial charge is 0.230 e. The molecule has 0 spiro atoms. The number of amides is 1. The summed E-state index contributed by atoms with van der Waals surface area (Å²) in [4.78, 5) is 14.9. The maximum Gasteiger partial charge on any atom is 0.230 e. The van der Waals surface area contributed by atoms with Crippen molar-refractivity contribution in [1.29, 1.82) is 0 Å². The molecule has 1 aliphatic heterocycles. The summed E-state index contributed by atoms with van der Waals surface area (Å²) in [5.41, 5.74) is 4.34. The topological polar surface area (TPSA) is 69.2 Å². The zero-order valence-corrected chi connectivity index (χ0v) is 14.7. The molecule has 4 rings (SSSR count). The van der Waals surface area contributed by atoms with Gasteiger partial charge in [0.05, 0.1) is 30.4 Å². The van der Waals surface area contributed by atoms with Gasteiger partial charge in [-0.25, -0.2) is 4.39 Å². The number of H-pyrrole nitrogens is 1. The van der Waals surface area contributed by atoms with Crippen LogP contribution in [0.1, 0.15) is 29.2 Å². The second-order valence-corrected chi connectivity index (χ2v) is 6.71. The van der Waals surface area contributed by atoms with Crippen molar-refractivity contribution in [3.8, 4) is 11.3 Å². The molecular formula is C21H20FN3O2. The predicted molar refractivity (Wildman–Crippen MR) is 99.1 cm³/mol. The van der Waals surface area contributed by atoms with Crippen LogP contribution >= 0.6 is 0 Å². The lowest BCUT2D eigenvalue weighted by Gasteiger charge is -2.23. The molecule has 0 radical (unpaired) electrons. The molecule has 6 heteroatoms. The normalized spacial score (nSPS) is 14.2. The third-order valence-electron chi connectivity index (χ3n) is 5.00. The van der Waals surface area contributed by atoms with Gasteiger partial charge in [-0.1, -0.05) is 30.3 Å². The van der Waals surface area contributed by atoms with Gasteiger partial charge in [0.2, 0.25) is 5.91 Å². The molecule has 0 fully saturated rings. The van der Waals surface area contributed by atoms with E-state index in [2.05, 4.69) is 10.2 Å². The number of aromatic amines is 1. The van der Waals surface area contributed by atoms with Crippen molar-refractivity contribution in [2.24, 2.45) is 0 Å². The Morgan fingerprint density at radius 1 is 1.15 bits per heavy atom. The Morgan fingerprint density at radius 3 is 2.59 bits per heavy atom. The highest BCUT2D eigenvalue weighted by molar-refractivity contribution is 5.84. The summed E-state index contributed by atoms with van der Waals surface area (Å²) in [5, 5.41) is 16.8. The number of aliphatic hydroxyl groups excluding tert-OH is 1. The van der Waals surface area contributed by atoms with Crippen LogP contribution in [0, 0.1) is 5.82 Å². The standard InChI is InChI=1S/C21H20FN3O2/c22-16-8-6-15(7-9-16)20-18-12-25(13-19(18)23-24-20)21(27)17(10-11-26)14-4-2-1-3-5-14/h1-9,17,26H,10-13H2,(H,23,24). The van der Waals surface area contributed by atoms with Gasteiger partial charge in [-0.3, -0.25) is 9.89 Å². The number of fused-ring (bicyclic) bond motifs is 1. The average molecular weight is 365 g/mol. The first-order valence-electron chi connectivity index (χ1n) is 8.94. The molecule has 0 bridgehead atoms. The molecule has 0 saturated carbocycles. The summed E-state index contributed by atoms with van der Waals surface area (Å²) in [5.74, 6) is -0.676. The van der Waals surface area contributed by atoms with Gasteiger partial charge in [-0.05, 0) is 36.2 Å². The highest BCUT2D eigenvalue weighted by Gasteiger charge is 2.32. The van der Waals surface area contributed by atoms with Gasteiger partial charge in [-0.2, -0.15) is 5.10 Å². The minimum absolute atomic E-state index is 0.00935. The number of hydrogen-bond donors (Lipinski definition) is 2. The number of aliphatic hydroxyl groups is 1. The molecular weight excluding hydrogens is 345 g/mol. The number of carbonyl (C=O) groups excluding carboxylic acids is 1. The van der Waals surface area contributed by atoms with E-state index >= 15 is 0 Å². The number of hydrogen-bond acceptors (Lipinski definition) is 3. The van der Waals surface area contributed by atoms with Crippen LogP contribution in [-0.4, -0.2) is 32.7 Å². The van der Waals surface area contributed by atoms with Crippen molar-refractivity contribution in [3.63, 3.8) is 0 Å². The highest BCUT2D eigenvalue weighted by atomic mass is 19.1. The minimum Gasteiger partial charge on any atom is -0.396 e. The lowest BCUT2D eigenvalue weighted by Crippen LogP contribution is -2.31. The van der Waals surface area contributed by atoms with Crippen LogP contribution in [0.2, 0.25) is 0 Å². The third kappa shape index (κ3) is 3.36. The first-order chi connectivity index (χ1) is 13.2. The van der Waals surface area contributed by atoms with Crippen molar-refractivity contribution >= 4 is 5.91 Å². The zero-order valence-electron chi connectivity index (χ0n) is 14.7. The molecule has 1 aliphatic rings. The fourth-order valence-electron chi connectivity index (χ4n) is 3.61. The van der Waals surface area contributed by atoms with E-state index in [1.165, 1.54) is 12.1 Å². The number of aromatic nitrogens is 2. The molecule has 0 aliphatic carbocycles. The summed E-state index contributed by atoms with van der Waals surface area (Å²) in [6.07, 6.45) is 0.385. The van der Waals surface area contributed by atoms with Crippen LogP contribution in [0.5, 0.6) is 0 Å². The molecule has 1 aromatic heterocycles. The van der Waals surface area contributed by atoms with Crippen molar-refractivity contribution < 1.29 is 14.3 Å². The molecule has 1 unspecified atom stereocenters. The molecule has 0 saturated heterocycles. The average Bonchev–Trinajstić information content (AvgIpc) is 3.28. The third-order valence-corrected chi connectivity index (χ3v) is 5.00. The van der Waals surface area contributed by atoms with Gasteiger partial charge < -0.3 is 10.0 Å². The highest BCUT2D eigenvalue weighted by Crippen LogP contribution is 2.33. The van der Waals surface area contributed by atoms with Crippen molar-refractivity contribution in [2.45, 2.75) is 25.4 Å². The van der Waals surface area contributed by atoms with Gasteiger partial charge in [0, 0.05) is 17.7 Å². The van der Waals surface area contributed by atoms with E-state index in [1.54, 1.807) is 17.0 Å². The van der Waals surface area contributed by atoms with Crippen molar-refractivity contribution in [3.05, 3.63) is 77.2 Å². The fraction of sp³-hybridized carbons (Fsp3) is 0.238. The molecule has 2 heterocycles. The van der Waals surface area contributed by atoms with Gasteiger partial charge in [0.1, 0.15) is 5.82 Å². The number of carbonyl (C=O) groups is 1. The quantitative estimate of drug-likeness (QED) is 0.729. The molecule has 2 aromatic carbocycles. The summed E-state index contributed by atoms with van der Waals surface area (Å²) in [7, 11) is 0. The number of rotatable bonds is 5. The maximum absolute atomic E-state index is 13.2. The number of nitrogens with one attached hydrogen (secondary N) is 1. The molecule has 1 amide bonds. The van der Waals surface area contributed by atoms with Crippen LogP contribution in [0.25, 0.3) is 11.3 Å². The van der Waals surface area contributed by atoms with Crippen LogP contribution in [0.3, 0.4) is 0 Å². The van der Waals surface area contributed by atoms with E-state index in [1.807, 2.05) is 30.3 Å². The lowest BCUT2D eigenvalue weighted by atomic mass is 9.94. The largest absolute Gasteiger partial charge is 0.396 e. The van der Waals surface area contributed by atoms with Crippen LogP contribution < -0.4 is 0 Å². The Hall–Kier alpha value is -2.99. The van der Waals surface area contributed by atoms with Crippen LogP contribution in [-0.2, 0) is 17.9 Å². The molecule has 5 nitrogen and oxygen atoms in total. The van der Waals surface area contributed by atoms with Crippen LogP contribution in [0.15, 0.2) is 54.6 Å². The SMILES string of the molecule is O=C(C(CCO)c1ccccc1)N1Cc2[nH]nc(-c3ccc(F)cc3)c2C1. The van der Waals surface area contributed by atoms with Crippen molar-refractivity contribution in [1.82, 2.24) is 15.1 Å². The summed E-state index contributed by atoms with van der Waals surface area (Å²) >= 11 is 0. The van der Waals surface area contributed by atoms with E-state index in [-0.39, 0.29) is 24.2 Å². The maximum atomic E-state index is 13.2. The predicted octanol–water partition coefficient (Wildman–Crippen LogP) is 3.22. The number of benzene rings is 2. The molecule has 138 valence electrons. The summed E-state index contributed by atoms with van der Waals surface area (Å²) in [6.45, 7) is 0.857. The Morgan fingerprint density at radius 2 is 1.89 bits per heavy atom. The second-order valence-electron chi connectivity index (χ2n) is 6.71. The van der Waals surface area contributed by atoms with E-state index in [0.29, 0.717) is 19.5 Å². The molecule has 2 N–H and O–H groups in total. The number of nitrogens with zero attached hydrogens (tertiary/aromatic N) is 2.